The van der Waals surface area contributed by atoms with Crippen LogP contribution >= 0.6 is 34.8 Å². The number of benzene rings is 2. The van der Waals surface area contributed by atoms with Crippen LogP contribution in [0.25, 0.3) is 0 Å². The molecule has 1 N–H and O–H groups in total. The average Bonchev–Trinajstić information content (AvgIpc) is 3.00. The Bertz CT molecular complexity index is 813. The number of allylic oxidation sites excluding steroid dienone is 2. The third kappa shape index (κ3) is 2.46. The summed E-state index contributed by atoms with van der Waals surface area (Å²) < 4.78 is 0. The molecule has 3 unspecified atom stereocenters. The summed E-state index contributed by atoms with van der Waals surface area (Å²) in [6, 6.07) is 9.97. The summed E-state index contributed by atoms with van der Waals surface area (Å²) in [5, 5.41) is 5.91. The van der Waals surface area contributed by atoms with Crippen molar-refractivity contribution in [2.24, 2.45) is 5.92 Å². The first-order valence-corrected chi connectivity index (χ1v) is 8.87. The molecule has 118 valence electrons. The van der Waals surface area contributed by atoms with Gasteiger partial charge in [-0.3, -0.25) is 0 Å². The number of anilines is 1. The maximum absolute atomic E-state index is 6.51. The molecule has 0 saturated carbocycles. The smallest absolute Gasteiger partial charge is 0.0568 e. The molecule has 4 heteroatoms. The first-order chi connectivity index (χ1) is 11.1. The molecule has 1 aliphatic carbocycles. The van der Waals surface area contributed by atoms with Crippen LogP contribution in [0.1, 0.15) is 35.1 Å². The summed E-state index contributed by atoms with van der Waals surface area (Å²) in [5.41, 5.74) is 4.66. The molecule has 0 spiro atoms. The summed E-state index contributed by atoms with van der Waals surface area (Å²) in [7, 11) is 0. The minimum atomic E-state index is 0.157. The van der Waals surface area contributed by atoms with E-state index in [1.165, 1.54) is 11.1 Å². The van der Waals surface area contributed by atoms with Crippen molar-refractivity contribution in [3.8, 4) is 0 Å². The zero-order valence-corrected chi connectivity index (χ0v) is 14.9. The van der Waals surface area contributed by atoms with Crippen LogP contribution in [0.3, 0.4) is 0 Å². The quantitative estimate of drug-likeness (QED) is 0.550. The van der Waals surface area contributed by atoms with Crippen molar-refractivity contribution in [3.05, 3.63) is 74.2 Å². The second kappa shape index (κ2) is 5.73. The van der Waals surface area contributed by atoms with Gasteiger partial charge in [0.1, 0.15) is 0 Å². The maximum Gasteiger partial charge on any atom is 0.0568 e. The molecule has 4 rings (SSSR count). The van der Waals surface area contributed by atoms with Crippen LogP contribution in [0, 0.1) is 12.8 Å². The zero-order valence-electron chi connectivity index (χ0n) is 12.6. The summed E-state index contributed by atoms with van der Waals surface area (Å²) in [5.74, 6) is 0.746. The molecule has 1 aliphatic heterocycles. The van der Waals surface area contributed by atoms with E-state index >= 15 is 0 Å². The fourth-order valence-electron chi connectivity index (χ4n) is 3.87. The van der Waals surface area contributed by atoms with Gasteiger partial charge in [0.25, 0.3) is 0 Å². The molecule has 3 atom stereocenters. The number of nitrogens with one attached hydrogen (secondary N) is 1. The second-order valence-electron chi connectivity index (χ2n) is 6.29. The van der Waals surface area contributed by atoms with Gasteiger partial charge >= 0.3 is 0 Å². The Kier molecular flexibility index (Phi) is 3.84. The third-order valence-corrected chi connectivity index (χ3v) is 5.86. The Labute approximate surface area is 151 Å². The van der Waals surface area contributed by atoms with Crippen molar-refractivity contribution in [2.75, 3.05) is 5.32 Å². The lowest BCUT2D eigenvalue weighted by molar-refractivity contribution is 0.425. The average molecular weight is 365 g/mol. The number of hydrogen-bond donors (Lipinski definition) is 1. The predicted molar refractivity (Wildman–Crippen MR) is 99.0 cm³/mol. The Morgan fingerprint density at radius 3 is 2.65 bits per heavy atom. The van der Waals surface area contributed by atoms with E-state index in [2.05, 4.69) is 30.5 Å². The van der Waals surface area contributed by atoms with Gasteiger partial charge < -0.3 is 5.32 Å². The molecule has 0 fully saturated rings. The van der Waals surface area contributed by atoms with Crippen molar-refractivity contribution in [3.63, 3.8) is 0 Å². The molecule has 0 bridgehead atoms. The minimum absolute atomic E-state index is 0.157. The lowest BCUT2D eigenvalue weighted by Crippen LogP contribution is -2.30. The lowest BCUT2D eigenvalue weighted by atomic mass is 9.76. The van der Waals surface area contributed by atoms with Gasteiger partial charge in [-0.05, 0) is 48.6 Å². The summed E-state index contributed by atoms with van der Waals surface area (Å²) in [4.78, 5) is 0. The van der Waals surface area contributed by atoms with E-state index in [1.807, 2.05) is 24.3 Å². The maximum atomic E-state index is 6.51. The molecule has 2 aliphatic rings. The highest BCUT2D eigenvalue weighted by atomic mass is 35.5. The molecule has 2 aromatic rings. The largest absolute Gasteiger partial charge is 0.377 e. The van der Waals surface area contributed by atoms with Gasteiger partial charge in [0.2, 0.25) is 0 Å². The van der Waals surface area contributed by atoms with E-state index in [-0.39, 0.29) is 6.04 Å². The molecule has 0 saturated heterocycles. The summed E-state index contributed by atoms with van der Waals surface area (Å²) >= 11 is 19.0. The Balaban J connectivity index is 1.86. The van der Waals surface area contributed by atoms with E-state index in [0.29, 0.717) is 21.9 Å². The van der Waals surface area contributed by atoms with E-state index < -0.39 is 0 Å². The van der Waals surface area contributed by atoms with Gasteiger partial charge in [0.15, 0.2) is 0 Å². The van der Waals surface area contributed by atoms with Crippen LogP contribution < -0.4 is 5.32 Å². The van der Waals surface area contributed by atoms with Crippen molar-refractivity contribution in [1.82, 2.24) is 0 Å². The Morgan fingerprint density at radius 1 is 1.04 bits per heavy atom. The molecular formula is C19H16Cl3N. The predicted octanol–water partition coefficient (Wildman–Crippen LogP) is 6.78. The molecule has 2 aromatic carbocycles. The van der Waals surface area contributed by atoms with Gasteiger partial charge in [-0.2, -0.15) is 0 Å². The van der Waals surface area contributed by atoms with Crippen LogP contribution in [0.4, 0.5) is 5.69 Å². The fraction of sp³-hybridized carbons (Fsp3) is 0.263. The Hall–Kier alpha value is -1.15. The van der Waals surface area contributed by atoms with Crippen molar-refractivity contribution in [1.29, 1.82) is 0 Å². The lowest BCUT2D eigenvalue weighted by Gasteiger charge is -2.39. The van der Waals surface area contributed by atoms with Crippen LogP contribution in [0.5, 0.6) is 0 Å². The first-order valence-electron chi connectivity index (χ1n) is 7.73. The van der Waals surface area contributed by atoms with Gasteiger partial charge in [-0.25, -0.2) is 0 Å². The molecule has 0 amide bonds. The van der Waals surface area contributed by atoms with Crippen molar-refractivity contribution in [2.45, 2.75) is 25.3 Å². The monoisotopic (exact) mass is 363 g/mol. The zero-order chi connectivity index (χ0) is 16.1. The summed E-state index contributed by atoms with van der Waals surface area (Å²) in [6.07, 6.45) is 5.55. The van der Waals surface area contributed by atoms with E-state index in [1.54, 1.807) is 0 Å². The van der Waals surface area contributed by atoms with E-state index in [0.717, 1.165) is 22.7 Å². The molecule has 23 heavy (non-hydrogen) atoms. The van der Waals surface area contributed by atoms with E-state index in [9.17, 15) is 0 Å². The highest BCUT2D eigenvalue weighted by Gasteiger charge is 2.40. The second-order valence-corrected chi connectivity index (χ2v) is 7.55. The first kappa shape index (κ1) is 15.4. The number of fused-ring (bicyclic) bond motifs is 3. The van der Waals surface area contributed by atoms with Crippen LogP contribution in [0.2, 0.25) is 15.1 Å². The van der Waals surface area contributed by atoms with Crippen LogP contribution in [-0.4, -0.2) is 0 Å². The van der Waals surface area contributed by atoms with Crippen molar-refractivity contribution < 1.29 is 0 Å². The van der Waals surface area contributed by atoms with Gasteiger partial charge in [-0.15, -0.1) is 0 Å². The van der Waals surface area contributed by atoms with Crippen LogP contribution in [0.15, 0.2) is 42.5 Å². The van der Waals surface area contributed by atoms with Crippen molar-refractivity contribution >= 4 is 40.5 Å². The molecular weight excluding hydrogens is 349 g/mol. The summed E-state index contributed by atoms with van der Waals surface area (Å²) in [6.45, 7) is 2.11. The highest BCUT2D eigenvalue weighted by molar-refractivity contribution is 6.35. The topological polar surface area (TPSA) is 12.0 Å². The number of hydrogen-bond acceptors (Lipinski definition) is 1. The number of halogens is 3. The van der Waals surface area contributed by atoms with Gasteiger partial charge in [0, 0.05) is 32.2 Å². The SMILES string of the molecule is Cc1ccc(Cl)c2c1NC(c1ccc(Cl)cc1Cl)C1CC=CC21. The minimum Gasteiger partial charge on any atom is -0.377 e. The fourth-order valence-corrected chi connectivity index (χ4v) is 4.68. The molecule has 1 heterocycles. The van der Waals surface area contributed by atoms with Crippen LogP contribution in [-0.2, 0) is 0 Å². The number of rotatable bonds is 1. The molecule has 0 aromatic heterocycles. The van der Waals surface area contributed by atoms with E-state index in [4.69, 9.17) is 34.8 Å². The van der Waals surface area contributed by atoms with Gasteiger partial charge in [0.05, 0.1) is 6.04 Å². The number of aryl methyl sites for hydroxylation is 1. The molecule has 0 radical (unpaired) electrons. The normalized spacial score (nSPS) is 25.0. The molecule has 1 nitrogen and oxygen atoms in total. The van der Waals surface area contributed by atoms with Gasteiger partial charge in [-0.1, -0.05) is 59.1 Å². The standard InChI is InChI=1S/C19H16Cl3N/c1-10-5-8-15(21)17-12-3-2-4-13(12)19(23-18(10)17)14-7-6-11(20)9-16(14)22/h2-3,5-9,12-13,19,23H,4H2,1H3. The third-order valence-electron chi connectivity index (χ3n) is 4.97. The Morgan fingerprint density at radius 2 is 1.87 bits per heavy atom. The highest BCUT2D eigenvalue weighted by Crippen LogP contribution is 2.53.